The van der Waals surface area contributed by atoms with Crippen molar-refractivity contribution in [2.24, 2.45) is 0 Å². The first kappa shape index (κ1) is 24.7. The number of rotatable bonds is 6. The lowest BCUT2D eigenvalue weighted by Crippen LogP contribution is -2.31. The number of benzene rings is 3. The minimum atomic E-state index is -3.76. The summed E-state index contributed by atoms with van der Waals surface area (Å²) in [6.07, 6.45) is 2.22. The van der Waals surface area contributed by atoms with Crippen LogP contribution in [-0.4, -0.2) is 25.9 Å². The standard InChI is InChI=1S/C28H22ClN3O4S2/c1-18-23(29)12-13-25-26(18)30-28(37-25)31(17-21-6-4-16-36-21)27(33)20-8-10-22(11-9-20)38(34,35)32-15-14-19-5-2-3-7-24(19)32/h2-13,16H,14-15,17H2,1H3. The number of furan rings is 1. The van der Waals surface area contributed by atoms with E-state index >= 15 is 0 Å². The molecule has 3 aromatic carbocycles. The number of hydrogen-bond acceptors (Lipinski definition) is 6. The van der Waals surface area contributed by atoms with Crippen LogP contribution in [0, 0.1) is 6.92 Å². The molecular formula is C28H22ClN3O4S2. The largest absolute Gasteiger partial charge is 0.467 e. The second kappa shape index (κ2) is 9.58. The summed E-state index contributed by atoms with van der Waals surface area (Å²) in [7, 11) is -3.76. The van der Waals surface area contributed by atoms with E-state index in [9.17, 15) is 13.2 Å². The van der Waals surface area contributed by atoms with Crippen molar-refractivity contribution in [1.29, 1.82) is 0 Å². The number of para-hydroxylation sites is 1. The van der Waals surface area contributed by atoms with Gasteiger partial charge in [0.25, 0.3) is 15.9 Å². The number of carbonyl (C=O) groups is 1. The van der Waals surface area contributed by atoms with Crippen LogP contribution in [-0.2, 0) is 23.0 Å². The molecule has 0 unspecified atom stereocenters. The van der Waals surface area contributed by atoms with Crippen LogP contribution < -0.4 is 9.21 Å². The Balaban J connectivity index is 1.33. The van der Waals surface area contributed by atoms with Crippen molar-refractivity contribution in [1.82, 2.24) is 4.98 Å². The highest BCUT2D eigenvalue weighted by Gasteiger charge is 2.31. The Morgan fingerprint density at radius 2 is 1.87 bits per heavy atom. The first-order chi connectivity index (χ1) is 18.3. The molecule has 0 aliphatic carbocycles. The minimum Gasteiger partial charge on any atom is -0.467 e. The van der Waals surface area contributed by atoms with Gasteiger partial charge in [0.2, 0.25) is 0 Å². The predicted octanol–water partition coefficient (Wildman–Crippen LogP) is 6.45. The van der Waals surface area contributed by atoms with Crippen LogP contribution in [0.2, 0.25) is 5.02 Å². The third-order valence-corrected chi connectivity index (χ3v) is 9.92. The highest BCUT2D eigenvalue weighted by Crippen LogP contribution is 2.36. The van der Waals surface area contributed by atoms with Gasteiger partial charge in [-0.2, -0.15) is 0 Å². The van der Waals surface area contributed by atoms with Crippen LogP contribution in [0.5, 0.6) is 0 Å². The van der Waals surface area contributed by atoms with Gasteiger partial charge >= 0.3 is 0 Å². The molecule has 10 heteroatoms. The fourth-order valence-corrected chi connectivity index (χ4v) is 7.28. The van der Waals surface area contributed by atoms with Gasteiger partial charge in [-0.05, 0) is 79.1 Å². The maximum Gasteiger partial charge on any atom is 0.264 e. The van der Waals surface area contributed by atoms with Gasteiger partial charge in [-0.15, -0.1) is 0 Å². The summed E-state index contributed by atoms with van der Waals surface area (Å²) in [5.74, 6) is 0.277. The molecule has 0 saturated heterocycles. The summed E-state index contributed by atoms with van der Waals surface area (Å²) in [4.78, 5) is 20.1. The van der Waals surface area contributed by atoms with Gasteiger partial charge in [0.05, 0.1) is 33.6 Å². The number of anilines is 2. The quantitative estimate of drug-likeness (QED) is 0.237. The Morgan fingerprint density at radius 3 is 2.63 bits per heavy atom. The van der Waals surface area contributed by atoms with Crippen molar-refractivity contribution in [3.8, 4) is 0 Å². The number of aromatic nitrogens is 1. The highest BCUT2D eigenvalue weighted by molar-refractivity contribution is 7.92. The van der Waals surface area contributed by atoms with Crippen molar-refractivity contribution >= 4 is 59.9 Å². The summed E-state index contributed by atoms with van der Waals surface area (Å²) < 4.78 is 34.7. The van der Waals surface area contributed by atoms with E-state index in [1.165, 1.54) is 32.7 Å². The third kappa shape index (κ3) is 4.26. The Kier molecular flexibility index (Phi) is 6.22. The number of carbonyl (C=O) groups excluding carboxylic acids is 1. The van der Waals surface area contributed by atoms with Gasteiger partial charge in [-0.25, -0.2) is 13.4 Å². The van der Waals surface area contributed by atoms with E-state index in [-0.39, 0.29) is 17.3 Å². The number of amides is 1. The molecule has 192 valence electrons. The van der Waals surface area contributed by atoms with Gasteiger partial charge in [-0.1, -0.05) is 41.1 Å². The topological polar surface area (TPSA) is 83.7 Å². The molecule has 1 aliphatic rings. The second-order valence-electron chi connectivity index (χ2n) is 8.97. The number of aryl methyl sites for hydroxylation is 1. The van der Waals surface area contributed by atoms with Crippen LogP contribution in [0.25, 0.3) is 10.2 Å². The zero-order valence-electron chi connectivity index (χ0n) is 20.3. The monoisotopic (exact) mass is 563 g/mol. The minimum absolute atomic E-state index is 0.133. The molecule has 0 saturated carbocycles. The summed E-state index contributed by atoms with van der Waals surface area (Å²) in [5.41, 5.74) is 3.62. The molecule has 0 radical (unpaired) electrons. The molecule has 0 N–H and O–H groups in total. The maximum absolute atomic E-state index is 13.7. The van der Waals surface area contributed by atoms with Crippen molar-refractivity contribution in [2.75, 3.05) is 15.7 Å². The number of halogens is 1. The third-order valence-electron chi connectivity index (χ3n) is 6.64. The normalized spacial score (nSPS) is 13.2. The van der Waals surface area contributed by atoms with E-state index in [2.05, 4.69) is 0 Å². The molecule has 0 spiro atoms. The lowest BCUT2D eigenvalue weighted by atomic mass is 10.2. The summed E-state index contributed by atoms with van der Waals surface area (Å²) in [6.45, 7) is 2.45. The van der Waals surface area contributed by atoms with Crippen LogP contribution in [0.4, 0.5) is 10.8 Å². The van der Waals surface area contributed by atoms with Crippen LogP contribution in [0.15, 0.2) is 88.4 Å². The molecule has 1 amide bonds. The van der Waals surface area contributed by atoms with Crippen LogP contribution >= 0.6 is 22.9 Å². The molecule has 5 aromatic rings. The molecular weight excluding hydrogens is 542 g/mol. The molecule has 7 nitrogen and oxygen atoms in total. The average Bonchev–Trinajstić information content (AvgIpc) is 3.69. The first-order valence-electron chi connectivity index (χ1n) is 11.9. The van der Waals surface area contributed by atoms with Gasteiger partial charge in [0.1, 0.15) is 5.76 Å². The number of nitrogens with zero attached hydrogens (tertiary/aromatic N) is 3. The van der Waals surface area contributed by atoms with E-state index < -0.39 is 10.0 Å². The highest BCUT2D eigenvalue weighted by atomic mass is 35.5. The SMILES string of the molecule is Cc1c(Cl)ccc2sc(N(Cc3ccco3)C(=O)c3ccc(S(=O)(=O)N4CCc5ccccc54)cc3)nc12. The van der Waals surface area contributed by atoms with Crippen LogP contribution in [0.3, 0.4) is 0 Å². The molecule has 0 bridgehead atoms. The number of hydrogen-bond donors (Lipinski definition) is 0. The smallest absolute Gasteiger partial charge is 0.264 e. The molecule has 1 aliphatic heterocycles. The van der Waals surface area contributed by atoms with E-state index in [0.717, 1.165) is 21.3 Å². The number of fused-ring (bicyclic) bond motifs is 2. The Morgan fingerprint density at radius 1 is 1.08 bits per heavy atom. The summed E-state index contributed by atoms with van der Waals surface area (Å²) in [6, 6.07) is 20.8. The lowest BCUT2D eigenvalue weighted by Gasteiger charge is -2.21. The van der Waals surface area contributed by atoms with Gasteiger partial charge in [0.15, 0.2) is 5.13 Å². The number of sulfonamides is 1. The average molecular weight is 564 g/mol. The van der Waals surface area contributed by atoms with Crippen molar-refractivity contribution in [2.45, 2.75) is 24.8 Å². The fraction of sp³-hybridized carbons (Fsp3) is 0.143. The Hall–Kier alpha value is -3.66. The first-order valence-corrected chi connectivity index (χ1v) is 14.6. The lowest BCUT2D eigenvalue weighted by molar-refractivity contribution is 0.0983. The zero-order chi connectivity index (χ0) is 26.4. The fourth-order valence-electron chi connectivity index (χ4n) is 4.60. The molecule has 2 aromatic heterocycles. The predicted molar refractivity (Wildman–Crippen MR) is 150 cm³/mol. The molecule has 0 atom stereocenters. The Bertz CT molecular complexity index is 1760. The van der Waals surface area contributed by atoms with E-state index in [1.54, 1.807) is 30.5 Å². The molecule has 6 rings (SSSR count). The second-order valence-corrected chi connectivity index (χ2v) is 12.2. The zero-order valence-corrected chi connectivity index (χ0v) is 22.7. The maximum atomic E-state index is 13.7. The molecule has 3 heterocycles. The molecule has 0 fully saturated rings. The van der Waals surface area contributed by atoms with E-state index in [0.29, 0.717) is 40.1 Å². The van der Waals surface area contributed by atoms with Gasteiger partial charge < -0.3 is 4.42 Å². The number of thiazole rings is 1. The Labute approximate surface area is 229 Å². The van der Waals surface area contributed by atoms with E-state index in [4.69, 9.17) is 21.0 Å². The van der Waals surface area contributed by atoms with Crippen molar-refractivity contribution in [3.63, 3.8) is 0 Å². The van der Waals surface area contributed by atoms with Crippen molar-refractivity contribution in [3.05, 3.63) is 107 Å². The van der Waals surface area contributed by atoms with Gasteiger partial charge in [0, 0.05) is 17.1 Å². The summed E-state index contributed by atoms with van der Waals surface area (Å²) >= 11 is 7.68. The summed E-state index contributed by atoms with van der Waals surface area (Å²) in [5, 5.41) is 1.10. The van der Waals surface area contributed by atoms with Gasteiger partial charge in [-0.3, -0.25) is 14.0 Å². The van der Waals surface area contributed by atoms with Crippen LogP contribution in [0.1, 0.15) is 27.2 Å². The van der Waals surface area contributed by atoms with Crippen molar-refractivity contribution < 1.29 is 17.6 Å². The van der Waals surface area contributed by atoms with E-state index in [1.807, 2.05) is 43.3 Å². The molecule has 38 heavy (non-hydrogen) atoms.